The van der Waals surface area contributed by atoms with Gasteiger partial charge in [0.05, 0.1) is 12.8 Å². The number of nitrogens with zero attached hydrogens (tertiary/aromatic N) is 1. The first-order valence-electron chi connectivity index (χ1n) is 20.7. The van der Waals surface area contributed by atoms with E-state index in [0.717, 1.165) is 30.6 Å². The van der Waals surface area contributed by atoms with Crippen LogP contribution in [0.5, 0.6) is 5.75 Å². The van der Waals surface area contributed by atoms with Gasteiger partial charge in [-0.1, -0.05) is 165 Å². The zero-order valence-corrected chi connectivity index (χ0v) is 32.7. The molecule has 2 heteroatoms. The van der Waals surface area contributed by atoms with E-state index < -0.39 is 0 Å². The fraction of sp³-hybridized carbons (Fsp3) is 0.125. The molecular weight excluding hydrogens is 703 g/mol. The van der Waals surface area contributed by atoms with Crippen molar-refractivity contribution < 1.29 is 4.74 Å². The van der Waals surface area contributed by atoms with Gasteiger partial charge < -0.3 is 4.74 Å². The van der Waals surface area contributed by atoms with Crippen LogP contribution in [0.15, 0.2) is 176 Å². The Hall–Kier alpha value is -6.77. The van der Waals surface area contributed by atoms with Crippen molar-refractivity contribution >= 4 is 38.8 Å². The van der Waals surface area contributed by atoms with Crippen LogP contribution in [-0.2, 0) is 6.42 Å². The summed E-state index contributed by atoms with van der Waals surface area (Å²) >= 11 is 0. The zero-order valence-electron chi connectivity index (χ0n) is 32.7. The second-order valence-electron chi connectivity index (χ2n) is 16.2. The molecule has 0 N–H and O–H groups in total. The first-order valence-corrected chi connectivity index (χ1v) is 20.7. The Morgan fingerprint density at radius 2 is 1.31 bits per heavy atom. The van der Waals surface area contributed by atoms with Gasteiger partial charge in [-0.05, 0) is 125 Å². The second-order valence-corrected chi connectivity index (χ2v) is 16.2. The number of hydrogen-bond acceptors (Lipinski definition) is 2. The van der Waals surface area contributed by atoms with Crippen molar-refractivity contribution in [1.29, 1.82) is 0 Å². The molecule has 0 saturated carbocycles. The second kappa shape index (κ2) is 14.3. The van der Waals surface area contributed by atoms with Crippen LogP contribution < -0.4 is 4.74 Å². The molecule has 2 unspecified atom stereocenters. The van der Waals surface area contributed by atoms with Gasteiger partial charge in [0, 0.05) is 24.1 Å². The first kappa shape index (κ1) is 34.5. The number of allylic oxidation sites excluding steroid dienone is 5. The third kappa shape index (κ3) is 5.99. The van der Waals surface area contributed by atoms with Crippen LogP contribution in [0.25, 0.3) is 72.1 Å². The van der Waals surface area contributed by atoms with E-state index in [-0.39, 0.29) is 0 Å². The quantitative estimate of drug-likeness (QED) is 0.164. The lowest BCUT2D eigenvalue weighted by Gasteiger charge is -2.27. The molecule has 2 atom stereocenters. The highest BCUT2D eigenvalue weighted by Crippen LogP contribution is 2.46. The Labute approximate surface area is 340 Å². The maximum absolute atomic E-state index is 6.12. The number of hydrogen-bond donors (Lipinski definition) is 0. The van der Waals surface area contributed by atoms with Gasteiger partial charge in [-0.2, -0.15) is 0 Å². The normalized spacial score (nSPS) is 17.1. The Balaban J connectivity index is 0.889. The lowest BCUT2D eigenvalue weighted by molar-refractivity contribution is 0.325. The summed E-state index contributed by atoms with van der Waals surface area (Å²) in [4.78, 5) is 4.31. The molecule has 0 radical (unpaired) electrons. The van der Waals surface area contributed by atoms with Gasteiger partial charge in [0.2, 0.25) is 0 Å². The van der Waals surface area contributed by atoms with Crippen molar-refractivity contribution in [3.05, 3.63) is 210 Å². The maximum Gasteiger partial charge on any atom is 0.145 e. The largest absolute Gasteiger partial charge is 0.491 e. The Morgan fingerprint density at radius 3 is 2.17 bits per heavy atom. The molecule has 0 saturated heterocycles. The molecule has 0 spiro atoms. The molecule has 2 aliphatic carbocycles. The lowest BCUT2D eigenvalue weighted by Crippen LogP contribution is -2.06. The Bertz CT molecular complexity index is 2980. The molecule has 278 valence electrons. The Kier molecular flexibility index (Phi) is 8.51. The molecule has 8 aromatic rings. The minimum absolute atomic E-state index is 0.299. The summed E-state index contributed by atoms with van der Waals surface area (Å²) in [6.45, 7) is 3.05. The average molecular weight is 746 g/mol. The van der Waals surface area contributed by atoms with E-state index in [1.807, 2.05) is 12.4 Å². The zero-order chi connectivity index (χ0) is 38.6. The van der Waals surface area contributed by atoms with Gasteiger partial charge in [-0.15, -0.1) is 0 Å². The smallest absolute Gasteiger partial charge is 0.145 e. The van der Waals surface area contributed by atoms with Crippen LogP contribution in [0, 0.1) is 0 Å². The number of pyridine rings is 1. The van der Waals surface area contributed by atoms with Gasteiger partial charge >= 0.3 is 0 Å². The van der Waals surface area contributed by atoms with Crippen molar-refractivity contribution in [1.82, 2.24) is 4.98 Å². The molecule has 0 fully saturated rings. The molecule has 1 aliphatic heterocycles. The standard InChI is InChI=1S/C56H43NO/c1-36-30-45(37-10-3-2-4-11-37)34-54-49-25-24-43(33-53(49)48-16-5-6-17-52(48)56(36)54)39-22-20-38(21-23-39)40-12-7-13-41(31-40)42-14-8-15-44(32-42)46-18-9-19-47-50(46)27-29-58-55-35-57-28-26-51(47)55/h2-26,28,31,33-36,42H,27,29-30,32H2,1H3. The van der Waals surface area contributed by atoms with Crippen LogP contribution in [0.1, 0.15) is 65.0 Å². The summed E-state index contributed by atoms with van der Waals surface area (Å²) in [6, 6.07) is 54.1. The highest BCUT2D eigenvalue weighted by molar-refractivity contribution is 6.15. The average Bonchev–Trinajstić information content (AvgIpc) is 3.49. The fourth-order valence-electron chi connectivity index (χ4n) is 9.93. The number of fused-ring (bicyclic) bond motifs is 9. The van der Waals surface area contributed by atoms with Crippen LogP contribution in [-0.4, -0.2) is 11.6 Å². The molecule has 58 heavy (non-hydrogen) atoms. The molecule has 0 bridgehead atoms. The maximum atomic E-state index is 6.12. The molecule has 11 rings (SSSR count). The van der Waals surface area contributed by atoms with E-state index in [9.17, 15) is 0 Å². The number of rotatable bonds is 5. The minimum Gasteiger partial charge on any atom is -0.491 e. The Morgan fingerprint density at radius 1 is 0.569 bits per heavy atom. The summed E-state index contributed by atoms with van der Waals surface area (Å²) in [7, 11) is 0. The number of ether oxygens (including phenoxy) is 1. The van der Waals surface area contributed by atoms with Crippen LogP contribution in [0.2, 0.25) is 0 Å². The molecule has 2 nitrogen and oxygen atoms in total. The highest BCUT2D eigenvalue weighted by Gasteiger charge is 2.25. The van der Waals surface area contributed by atoms with Crippen LogP contribution >= 0.6 is 0 Å². The molecular formula is C56H43NO. The van der Waals surface area contributed by atoms with Crippen LogP contribution in [0.3, 0.4) is 0 Å². The third-order valence-corrected chi connectivity index (χ3v) is 12.7. The van der Waals surface area contributed by atoms with Crippen molar-refractivity contribution in [2.75, 3.05) is 6.61 Å². The van der Waals surface area contributed by atoms with Gasteiger partial charge in [0.1, 0.15) is 5.75 Å². The highest BCUT2D eigenvalue weighted by atomic mass is 16.5. The van der Waals surface area contributed by atoms with E-state index in [2.05, 4.69) is 182 Å². The van der Waals surface area contributed by atoms with Crippen molar-refractivity contribution in [3.8, 4) is 39.1 Å². The molecule has 3 aliphatic rings. The minimum atomic E-state index is 0.299. The van der Waals surface area contributed by atoms with E-state index in [1.54, 1.807) is 0 Å². The summed E-state index contributed by atoms with van der Waals surface area (Å²) in [5, 5.41) is 5.36. The summed E-state index contributed by atoms with van der Waals surface area (Å²) < 4.78 is 6.12. The number of aromatic nitrogens is 1. The summed E-state index contributed by atoms with van der Waals surface area (Å²) in [5.74, 6) is 1.61. The van der Waals surface area contributed by atoms with E-state index in [1.165, 1.54) is 93.9 Å². The van der Waals surface area contributed by atoms with Crippen molar-refractivity contribution in [2.24, 2.45) is 0 Å². The topological polar surface area (TPSA) is 22.1 Å². The number of benzene rings is 7. The predicted octanol–water partition coefficient (Wildman–Crippen LogP) is 14.5. The van der Waals surface area contributed by atoms with Gasteiger partial charge in [0.25, 0.3) is 0 Å². The van der Waals surface area contributed by atoms with Gasteiger partial charge in [-0.25, -0.2) is 0 Å². The fourth-order valence-corrected chi connectivity index (χ4v) is 9.93. The van der Waals surface area contributed by atoms with Crippen molar-refractivity contribution in [2.45, 2.75) is 38.0 Å². The molecule has 2 heterocycles. The summed E-state index contributed by atoms with van der Waals surface area (Å²) in [5.41, 5.74) is 18.3. The molecule has 7 aromatic carbocycles. The third-order valence-electron chi connectivity index (χ3n) is 12.7. The molecule has 0 amide bonds. The molecule has 1 aromatic heterocycles. The van der Waals surface area contributed by atoms with Gasteiger partial charge in [0.15, 0.2) is 0 Å². The SMILES string of the molecule is CC1CC(c2ccccc2)=Cc2c1c1ccccc1c1cc(-c3ccc(-c4cccc(C5C=CC=C(c6cccc7c6CCOc6cnccc6-7)C5)c4)cc3)ccc21. The lowest BCUT2D eigenvalue weighted by atomic mass is 9.77. The predicted molar refractivity (Wildman–Crippen MR) is 243 cm³/mol. The van der Waals surface area contributed by atoms with Crippen LogP contribution in [0.4, 0.5) is 0 Å². The first-order chi connectivity index (χ1) is 28.7. The van der Waals surface area contributed by atoms with E-state index in [0.29, 0.717) is 18.4 Å². The van der Waals surface area contributed by atoms with E-state index in [4.69, 9.17) is 4.74 Å². The van der Waals surface area contributed by atoms with Gasteiger partial charge in [-0.3, -0.25) is 4.98 Å². The van der Waals surface area contributed by atoms with Crippen molar-refractivity contribution in [3.63, 3.8) is 0 Å². The monoisotopic (exact) mass is 745 g/mol. The van der Waals surface area contributed by atoms with E-state index >= 15 is 0 Å². The summed E-state index contributed by atoms with van der Waals surface area (Å²) in [6.07, 6.45) is 16.0.